The highest BCUT2D eigenvalue weighted by molar-refractivity contribution is 5.57. The SMILES string of the molecule is COc1cc(C2(CN)CCCC2)c(OC)c2c1CCCC2. The van der Waals surface area contributed by atoms with Crippen LogP contribution in [0.15, 0.2) is 6.07 Å². The maximum atomic E-state index is 6.20. The predicted octanol–water partition coefficient (Wildman–Crippen LogP) is 3.35. The second-order valence-corrected chi connectivity index (χ2v) is 6.52. The van der Waals surface area contributed by atoms with Crippen molar-refractivity contribution in [1.82, 2.24) is 0 Å². The lowest BCUT2D eigenvalue weighted by Gasteiger charge is -2.33. The van der Waals surface area contributed by atoms with E-state index in [0.29, 0.717) is 6.54 Å². The molecule has 2 N–H and O–H groups in total. The van der Waals surface area contributed by atoms with E-state index in [1.165, 1.54) is 55.2 Å². The minimum absolute atomic E-state index is 0.0884. The minimum atomic E-state index is 0.0884. The Labute approximate surface area is 127 Å². The summed E-state index contributed by atoms with van der Waals surface area (Å²) >= 11 is 0. The van der Waals surface area contributed by atoms with Crippen molar-refractivity contribution < 1.29 is 9.47 Å². The van der Waals surface area contributed by atoms with Gasteiger partial charge >= 0.3 is 0 Å². The van der Waals surface area contributed by atoms with Gasteiger partial charge in [0.25, 0.3) is 0 Å². The van der Waals surface area contributed by atoms with Crippen LogP contribution in [0.5, 0.6) is 11.5 Å². The van der Waals surface area contributed by atoms with Gasteiger partial charge in [-0.3, -0.25) is 0 Å². The van der Waals surface area contributed by atoms with E-state index in [-0.39, 0.29) is 5.41 Å². The predicted molar refractivity (Wildman–Crippen MR) is 85.4 cm³/mol. The summed E-state index contributed by atoms with van der Waals surface area (Å²) in [4.78, 5) is 0. The summed E-state index contributed by atoms with van der Waals surface area (Å²) < 4.78 is 11.6. The van der Waals surface area contributed by atoms with Gasteiger partial charge < -0.3 is 15.2 Å². The average Bonchev–Trinajstić information content (AvgIpc) is 3.03. The van der Waals surface area contributed by atoms with Gasteiger partial charge in [-0.05, 0) is 44.6 Å². The van der Waals surface area contributed by atoms with E-state index in [2.05, 4.69) is 6.07 Å². The second-order valence-electron chi connectivity index (χ2n) is 6.52. The maximum Gasteiger partial charge on any atom is 0.126 e. The lowest BCUT2D eigenvalue weighted by atomic mass is 9.75. The van der Waals surface area contributed by atoms with Crippen LogP contribution < -0.4 is 15.2 Å². The first kappa shape index (κ1) is 14.7. The smallest absolute Gasteiger partial charge is 0.126 e. The number of nitrogens with two attached hydrogens (primary N) is 1. The fraction of sp³-hybridized carbons (Fsp3) is 0.667. The summed E-state index contributed by atoms with van der Waals surface area (Å²) in [5.41, 5.74) is 10.3. The first-order chi connectivity index (χ1) is 10.3. The van der Waals surface area contributed by atoms with Crippen molar-refractivity contribution in [3.05, 3.63) is 22.8 Å². The standard InChI is InChI=1S/C18H27NO2/c1-20-16-11-15(18(12-19)9-5-6-10-18)17(21-2)14-8-4-3-7-13(14)16/h11H,3-10,12,19H2,1-2H3. The van der Waals surface area contributed by atoms with E-state index >= 15 is 0 Å². The Balaban J connectivity index is 2.19. The maximum absolute atomic E-state index is 6.20. The summed E-state index contributed by atoms with van der Waals surface area (Å²) in [7, 11) is 3.59. The van der Waals surface area contributed by atoms with Gasteiger partial charge in [0.2, 0.25) is 0 Å². The molecule has 0 radical (unpaired) electrons. The third-order valence-electron chi connectivity index (χ3n) is 5.51. The molecule has 0 amide bonds. The molecule has 1 saturated carbocycles. The molecule has 0 aliphatic heterocycles. The van der Waals surface area contributed by atoms with Crippen molar-refractivity contribution in [3.63, 3.8) is 0 Å². The highest BCUT2D eigenvalue weighted by Gasteiger charge is 2.38. The number of benzene rings is 1. The van der Waals surface area contributed by atoms with Gasteiger partial charge in [-0.2, -0.15) is 0 Å². The topological polar surface area (TPSA) is 44.5 Å². The number of hydrogen-bond donors (Lipinski definition) is 1. The summed E-state index contributed by atoms with van der Waals surface area (Å²) in [5.74, 6) is 2.14. The number of hydrogen-bond acceptors (Lipinski definition) is 3. The van der Waals surface area contributed by atoms with Crippen LogP contribution in [0.4, 0.5) is 0 Å². The Hall–Kier alpha value is -1.22. The zero-order valence-electron chi connectivity index (χ0n) is 13.3. The monoisotopic (exact) mass is 289 g/mol. The molecule has 0 atom stereocenters. The van der Waals surface area contributed by atoms with Gasteiger partial charge in [-0.25, -0.2) is 0 Å². The zero-order chi connectivity index (χ0) is 14.9. The number of fused-ring (bicyclic) bond motifs is 1. The van der Waals surface area contributed by atoms with Crippen molar-refractivity contribution in [2.24, 2.45) is 5.73 Å². The van der Waals surface area contributed by atoms with Crippen molar-refractivity contribution in [1.29, 1.82) is 0 Å². The van der Waals surface area contributed by atoms with Crippen molar-refractivity contribution in [2.45, 2.75) is 56.8 Å². The molecule has 3 nitrogen and oxygen atoms in total. The van der Waals surface area contributed by atoms with Gasteiger partial charge in [-0.15, -0.1) is 0 Å². The van der Waals surface area contributed by atoms with Gasteiger partial charge in [0.05, 0.1) is 14.2 Å². The molecular formula is C18H27NO2. The largest absolute Gasteiger partial charge is 0.496 e. The first-order valence-electron chi connectivity index (χ1n) is 8.23. The second kappa shape index (κ2) is 5.88. The molecule has 116 valence electrons. The molecule has 0 unspecified atom stereocenters. The van der Waals surface area contributed by atoms with Gasteiger partial charge in [0, 0.05) is 28.7 Å². The Morgan fingerprint density at radius 3 is 2.24 bits per heavy atom. The molecule has 21 heavy (non-hydrogen) atoms. The third kappa shape index (κ3) is 2.32. The van der Waals surface area contributed by atoms with E-state index in [1.54, 1.807) is 14.2 Å². The average molecular weight is 289 g/mol. The van der Waals surface area contributed by atoms with E-state index in [0.717, 1.165) is 24.3 Å². The minimum Gasteiger partial charge on any atom is -0.496 e. The van der Waals surface area contributed by atoms with Crippen LogP contribution in [-0.4, -0.2) is 20.8 Å². The van der Waals surface area contributed by atoms with E-state index in [9.17, 15) is 0 Å². The third-order valence-corrected chi connectivity index (χ3v) is 5.51. The molecule has 3 heteroatoms. The molecule has 2 aliphatic carbocycles. The van der Waals surface area contributed by atoms with Crippen molar-refractivity contribution in [3.8, 4) is 11.5 Å². The Kier molecular flexibility index (Phi) is 4.12. The summed E-state index contributed by atoms with van der Waals surface area (Å²) in [6.07, 6.45) is 9.55. The fourth-order valence-electron chi connectivity index (χ4n) is 4.32. The van der Waals surface area contributed by atoms with E-state index in [4.69, 9.17) is 15.2 Å². The highest BCUT2D eigenvalue weighted by atomic mass is 16.5. The quantitative estimate of drug-likeness (QED) is 0.924. The van der Waals surface area contributed by atoms with Crippen molar-refractivity contribution in [2.75, 3.05) is 20.8 Å². The Morgan fingerprint density at radius 1 is 1.00 bits per heavy atom. The zero-order valence-corrected chi connectivity index (χ0v) is 13.3. The fourth-order valence-corrected chi connectivity index (χ4v) is 4.32. The molecule has 0 spiro atoms. The van der Waals surface area contributed by atoms with Crippen LogP contribution in [0.1, 0.15) is 55.2 Å². The van der Waals surface area contributed by atoms with Gasteiger partial charge in [0.15, 0.2) is 0 Å². The molecule has 1 aromatic rings. The lowest BCUT2D eigenvalue weighted by Crippen LogP contribution is -2.33. The molecule has 1 fully saturated rings. The van der Waals surface area contributed by atoms with Gasteiger partial charge in [-0.1, -0.05) is 12.8 Å². The van der Waals surface area contributed by atoms with Crippen LogP contribution in [0.25, 0.3) is 0 Å². The molecule has 0 saturated heterocycles. The molecule has 0 aromatic heterocycles. The number of ether oxygens (including phenoxy) is 2. The highest BCUT2D eigenvalue weighted by Crippen LogP contribution is 2.49. The van der Waals surface area contributed by atoms with Crippen LogP contribution in [0.2, 0.25) is 0 Å². The molecule has 0 bridgehead atoms. The van der Waals surface area contributed by atoms with Crippen LogP contribution in [0, 0.1) is 0 Å². The lowest BCUT2D eigenvalue weighted by molar-refractivity contribution is 0.360. The normalized spacial score (nSPS) is 20.1. The molecular weight excluding hydrogens is 262 g/mol. The van der Waals surface area contributed by atoms with Crippen LogP contribution in [0.3, 0.4) is 0 Å². The Morgan fingerprint density at radius 2 is 1.67 bits per heavy atom. The molecule has 3 rings (SSSR count). The first-order valence-corrected chi connectivity index (χ1v) is 8.23. The molecule has 0 heterocycles. The van der Waals surface area contributed by atoms with E-state index in [1.807, 2.05) is 0 Å². The number of rotatable bonds is 4. The molecule has 1 aromatic carbocycles. The van der Waals surface area contributed by atoms with E-state index < -0.39 is 0 Å². The Bertz CT molecular complexity index is 518. The summed E-state index contributed by atoms with van der Waals surface area (Å²) in [6.45, 7) is 0.700. The van der Waals surface area contributed by atoms with Crippen LogP contribution >= 0.6 is 0 Å². The van der Waals surface area contributed by atoms with Crippen LogP contribution in [-0.2, 0) is 18.3 Å². The summed E-state index contributed by atoms with van der Waals surface area (Å²) in [5, 5.41) is 0. The number of methoxy groups -OCH3 is 2. The molecule has 2 aliphatic rings. The summed E-state index contributed by atoms with van der Waals surface area (Å²) in [6, 6.07) is 2.22. The van der Waals surface area contributed by atoms with Crippen molar-refractivity contribution >= 4 is 0 Å². The van der Waals surface area contributed by atoms with Gasteiger partial charge in [0.1, 0.15) is 11.5 Å².